The number of ether oxygens (including phenoxy) is 1. The standard InChI is InChI=1S/C12H20ClNO4S/c1-12(2,3)18-11(15)14-7-8-4-5-9(14)10(6-8)19(13,16)17/h8-10H,4-7H2,1-3H3/t8-,9-,10+/m0/s1. The number of halogens is 1. The molecule has 0 spiro atoms. The molecule has 0 aromatic rings. The molecule has 1 aliphatic carbocycles. The highest BCUT2D eigenvalue weighted by Crippen LogP contribution is 2.40. The minimum atomic E-state index is -3.64. The normalized spacial score (nSPS) is 31.4. The van der Waals surface area contributed by atoms with E-state index in [0.29, 0.717) is 19.4 Å². The number of carbonyl (C=O) groups is 1. The van der Waals surface area contributed by atoms with Crippen LogP contribution >= 0.6 is 10.7 Å². The van der Waals surface area contributed by atoms with Gasteiger partial charge in [0.2, 0.25) is 9.05 Å². The fourth-order valence-corrected chi connectivity index (χ4v) is 4.70. The lowest BCUT2D eigenvalue weighted by Crippen LogP contribution is -2.59. The van der Waals surface area contributed by atoms with Crippen LogP contribution < -0.4 is 0 Å². The van der Waals surface area contributed by atoms with Gasteiger partial charge in [-0.05, 0) is 46.0 Å². The maximum absolute atomic E-state index is 12.1. The molecule has 3 rings (SSSR count). The summed E-state index contributed by atoms with van der Waals surface area (Å²) in [5.74, 6) is 0.205. The number of carbonyl (C=O) groups excluding carboxylic acids is 1. The third-order valence-corrected chi connectivity index (χ3v) is 5.63. The predicted molar refractivity (Wildman–Crippen MR) is 72.6 cm³/mol. The predicted octanol–water partition coefficient (Wildman–Crippen LogP) is 2.34. The Hall–Kier alpha value is -0.490. The number of nitrogens with zero attached hydrogens (tertiary/aromatic N) is 1. The fourth-order valence-electron chi connectivity index (χ4n) is 2.96. The minimum absolute atomic E-state index is 0.205. The van der Waals surface area contributed by atoms with Gasteiger partial charge in [0.1, 0.15) is 5.60 Å². The molecule has 0 unspecified atom stereocenters. The number of rotatable bonds is 1. The number of piperidine rings is 2. The SMILES string of the molecule is CC(C)(C)OC(=O)N1C[C@H]2CC[C@H]1[C@H](S(=O)(=O)Cl)C2. The first-order chi connectivity index (χ1) is 8.58. The van der Waals surface area contributed by atoms with Crippen LogP contribution in [0.25, 0.3) is 0 Å². The molecule has 2 bridgehead atoms. The van der Waals surface area contributed by atoms with Gasteiger partial charge in [-0.2, -0.15) is 0 Å². The highest BCUT2D eigenvalue weighted by molar-refractivity contribution is 8.14. The van der Waals surface area contributed by atoms with Crippen LogP contribution in [0.3, 0.4) is 0 Å². The van der Waals surface area contributed by atoms with Gasteiger partial charge >= 0.3 is 6.09 Å². The Kier molecular flexibility index (Phi) is 3.77. The number of hydrogen-bond acceptors (Lipinski definition) is 4. The van der Waals surface area contributed by atoms with Gasteiger partial charge in [-0.1, -0.05) is 0 Å². The van der Waals surface area contributed by atoms with Crippen molar-refractivity contribution in [3.05, 3.63) is 0 Å². The smallest absolute Gasteiger partial charge is 0.410 e. The molecule has 3 aliphatic rings. The Bertz CT molecular complexity index is 471. The Balaban J connectivity index is 2.17. The lowest BCUT2D eigenvalue weighted by Gasteiger charge is -2.48. The van der Waals surface area contributed by atoms with Crippen molar-refractivity contribution in [3.63, 3.8) is 0 Å². The lowest BCUT2D eigenvalue weighted by molar-refractivity contribution is -0.0109. The molecule has 2 aliphatic heterocycles. The van der Waals surface area contributed by atoms with Gasteiger partial charge in [0, 0.05) is 17.2 Å². The van der Waals surface area contributed by atoms with Crippen LogP contribution in [-0.2, 0) is 13.8 Å². The van der Waals surface area contributed by atoms with Crippen molar-refractivity contribution < 1.29 is 17.9 Å². The number of fused-ring (bicyclic) bond motifs is 3. The van der Waals surface area contributed by atoms with E-state index in [4.69, 9.17) is 15.4 Å². The molecule has 1 amide bonds. The van der Waals surface area contributed by atoms with Crippen LogP contribution in [-0.4, -0.2) is 42.8 Å². The molecule has 3 atom stereocenters. The summed E-state index contributed by atoms with van der Waals surface area (Å²) in [6, 6.07) is -0.345. The second-order valence-corrected chi connectivity index (χ2v) is 9.24. The van der Waals surface area contributed by atoms with Crippen LogP contribution in [0.15, 0.2) is 0 Å². The summed E-state index contributed by atoms with van der Waals surface area (Å²) < 4.78 is 28.6. The van der Waals surface area contributed by atoms with E-state index in [1.165, 1.54) is 0 Å². The molecule has 1 saturated carbocycles. The summed E-state index contributed by atoms with van der Waals surface area (Å²) in [5, 5.41) is -0.658. The van der Waals surface area contributed by atoms with Crippen molar-refractivity contribution in [2.24, 2.45) is 5.92 Å². The van der Waals surface area contributed by atoms with E-state index in [-0.39, 0.29) is 12.0 Å². The molecule has 0 N–H and O–H groups in total. The van der Waals surface area contributed by atoms with E-state index in [2.05, 4.69) is 0 Å². The van der Waals surface area contributed by atoms with Gasteiger partial charge in [-0.15, -0.1) is 0 Å². The summed E-state index contributed by atoms with van der Waals surface area (Å²) >= 11 is 0. The molecule has 0 radical (unpaired) electrons. The van der Waals surface area contributed by atoms with Crippen molar-refractivity contribution >= 4 is 25.8 Å². The van der Waals surface area contributed by atoms with Crippen LogP contribution in [0.5, 0.6) is 0 Å². The average molecular weight is 310 g/mol. The van der Waals surface area contributed by atoms with E-state index in [1.807, 2.05) is 0 Å². The van der Waals surface area contributed by atoms with Crippen molar-refractivity contribution in [1.29, 1.82) is 0 Å². The highest BCUT2D eigenvalue weighted by atomic mass is 35.7. The molecule has 0 aromatic heterocycles. The Labute approximate surface area is 118 Å². The summed E-state index contributed by atoms with van der Waals surface area (Å²) in [4.78, 5) is 13.7. The Morgan fingerprint density at radius 2 is 1.95 bits per heavy atom. The zero-order valence-electron chi connectivity index (χ0n) is 11.4. The van der Waals surface area contributed by atoms with Gasteiger partial charge in [-0.3, -0.25) is 0 Å². The second-order valence-electron chi connectivity index (χ2n) is 6.39. The minimum Gasteiger partial charge on any atom is -0.444 e. The topological polar surface area (TPSA) is 63.7 Å². The summed E-state index contributed by atoms with van der Waals surface area (Å²) in [6.07, 6.45) is 1.75. The van der Waals surface area contributed by atoms with Crippen LogP contribution in [0.2, 0.25) is 0 Å². The third kappa shape index (κ3) is 3.34. The van der Waals surface area contributed by atoms with E-state index >= 15 is 0 Å². The van der Waals surface area contributed by atoms with E-state index in [9.17, 15) is 13.2 Å². The molecule has 0 aromatic carbocycles. The number of amides is 1. The zero-order valence-corrected chi connectivity index (χ0v) is 13.0. The van der Waals surface area contributed by atoms with Crippen LogP contribution in [0.1, 0.15) is 40.0 Å². The number of hydrogen-bond donors (Lipinski definition) is 0. The molecule has 2 saturated heterocycles. The maximum Gasteiger partial charge on any atom is 0.410 e. The van der Waals surface area contributed by atoms with E-state index < -0.39 is 26.0 Å². The van der Waals surface area contributed by atoms with E-state index in [1.54, 1.807) is 25.7 Å². The first-order valence-corrected chi connectivity index (χ1v) is 8.88. The lowest BCUT2D eigenvalue weighted by atomic mass is 9.80. The summed E-state index contributed by atoms with van der Waals surface area (Å²) in [5.41, 5.74) is -0.580. The molecule has 7 heteroatoms. The van der Waals surface area contributed by atoms with Crippen LogP contribution in [0, 0.1) is 5.92 Å². The summed E-state index contributed by atoms with van der Waals surface area (Å²) in [6.45, 7) is 5.96. The first-order valence-electron chi connectivity index (χ1n) is 6.51. The van der Waals surface area contributed by atoms with Gasteiger partial charge in [0.25, 0.3) is 0 Å². The van der Waals surface area contributed by atoms with E-state index in [0.717, 1.165) is 6.42 Å². The molecular weight excluding hydrogens is 290 g/mol. The second kappa shape index (κ2) is 4.81. The monoisotopic (exact) mass is 309 g/mol. The molecular formula is C12H20ClNO4S. The van der Waals surface area contributed by atoms with Gasteiger partial charge in [0.05, 0.1) is 11.3 Å². The molecule has 3 fully saturated rings. The quantitative estimate of drug-likeness (QED) is 0.697. The average Bonchev–Trinajstić information content (AvgIpc) is 2.26. The van der Waals surface area contributed by atoms with Crippen molar-refractivity contribution in [1.82, 2.24) is 4.90 Å². The molecule has 19 heavy (non-hydrogen) atoms. The van der Waals surface area contributed by atoms with Crippen molar-refractivity contribution in [2.75, 3.05) is 6.54 Å². The van der Waals surface area contributed by atoms with Gasteiger partial charge in [0.15, 0.2) is 0 Å². The first kappa shape index (κ1) is 14.9. The maximum atomic E-state index is 12.1. The van der Waals surface area contributed by atoms with Crippen molar-refractivity contribution in [3.8, 4) is 0 Å². The molecule has 110 valence electrons. The van der Waals surface area contributed by atoms with Gasteiger partial charge < -0.3 is 9.64 Å². The van der Waals surface area contributed by atoms with Crippen molar-refractivity contribution in [2.45, 2.75) is 56.9 Å². The van der Waals surface area contributed by atoms with Gasteiger partial charge in [-0.25, -0.2) is 13.2 Å². The zero-order chi connectivity index (χ0) is 14.4. The highest BCUT2D eigenvalue weighted by Gasteiger charge is 2.48. The fraction of sp³-hybridized carbons (Fsp3) is 0.917. The molecule has 2 heterocycles. The third-order valence-electron chi connectivity index (χ3n) is 3.71. The Morgan fingerprint density at radius 3 is 2.42 bits per heavy atom. The van der Waals surface area contributed by atoms with Crippen LogP contribution in [0.4, 0.5) is 4.79 Å². The Morgan fingerprint density at radius 1 is 1.32 bits per heavy atom. The molecule has 5 nitrogen and oxygen atoms in total. The largest absolute Gasteiger partial charge is 0.444 e. The summed E-state index contributed by atoms with van der Waals surface area (Å²) in [7, 11) is 1.86.